The van der Waals surface area contributed by atoms with Crippen LogP contribution in [0.25, 0.3) is 0 Å². The van der Waals surface area contributed by atoms with Crippen molar-refractivity contribution < 1.29 is 9.13 Å². The molecule has 0 saturated carbocycles. The first-order valence-electron chi connectivity index (χ1n) is 6.03. The Bertz CT molecular complexity index is 542. The van der Waals surface area contributed by atoms with E-state index in [4.69, 9.17) is 16.3 Å². The number of halogens is 2. The van der Waals surface area contributed by atoms with Crippen molar-refractivity contribution in [2.24, 2.45) is 0 Å². The predicted octanol–water partition coefficient (Wildman–Crippen LogP) is 4.28. The molecule has 0 aromatic heterocycles. The summed E-state index contributed by atoms with van der Waals surface area (Å²) >= 11 is 5.79. The molecular formula is C15H15ClFNO. The highest BCUT2D eigenvalue weighted by Gasteiger charge is 2.02. The second kappa shape index (κ2) is 6.43. The Morgan fingerprint density at radius 3 is 2.63 bits per heavy atom. The largest absolute Gasteiger partial charge is 0.489 e. The second-order valence-electron chi connectivity index (χ2n) is 4.22. The normalized spacial score (nSPS) is 10.3. The van der Waals surface area contributed by atoms with Gasteiger partial charge in [0.05, 0.1) is 0 Å². The molecule has 0 heterocycles. The Labute approximate surface area is 117 Å². The first-order valence-corrected chi connectivity index (χ1v) is 6.41. The van der Waals surface area contributed by atoms with Crippen LogP contribution in [0.1, 0.15) is 5.56 Å². The van der Waals surface area contributed by atoms with Crippen LogP contribution in [0.15, 0.2) is 42.5 Å². The van der Waals surface area contributed by atoms with Gasteiger partial charge in [-0.2, -0.15) is 0 Å². The molecule has 0 unspecified atom stereocenters. The Morgan fingerprint density at radius 2 is 1.89 bits per heavy atom. The summed E-state index contributed by atoms with van der Waals surface area (Å²) in [4.78, 5) is 0. The van der Waals surface area contributed by atoms with Crippen LogP contribution in [-0.4, -0.2) is 13.2 Å². The molecule has 2 rings (SSSR count). The molecule has 0 saturated heterocycles. The van der Waals surface area contributed by atoms with E-state index in [2.05, 4.69) is 5.32 Å². The molecule has 0 atom stereocenters. The summed E-state index contributed by atoms with van der Waals surface area (Å²) in [6.07, 6.45) is 0. The average Bonchev–Trinajstić information content (AvgIpc) is 2.40. The Morgan fingerprint density at radius 1 is 1.16 bits per heavy atom. The molecule has 0 radical (unpaired) electrons. The van der Waals surface area contributed by atoms with E-state index in [1.807, 2.05) is 31.2 Å². The summed E-state index contributed by atoms with van der Waals surface area (Å²) in [6, 6.07) is 12.2. The van der Waals surface area contributed by atoms with Gasteiger partial charge in [0.15, 0.2) is 11.6 Å². The lowest BCUT2D eigenvalue weighted by Gasteiger charge is -2.10. The molecule has 0 aliphatic heterocycles. The van der Waals surface area contributed by atoms with Gasteiger partial charge in [-0.1, -0.05) is 17.7 Å². The van der Waals surface area contributed by atoms with E-state index in [1.54, 1.807) is 12.1 Å². The first kappa shape index (κ1) is 13.7. The van der Waals surface area contributed by atoms with Crippen molar-refractivity contribution in [3.8, 4) is 5.75 Å². The summed E-state index contributed by atoms with van der Waals surface area (Å²) in [5.74, 6) is -0.0463. The SMILES string of the molecule is Cc1ccc(F)c(OCCNc2ccc(Cl)cc2)c1. The lowest BCUT2D eigenvalue weighted by Crippen LogP contribution is -2.12. The fraction of sp³-hybridized carbons (Fsp3) is 0.200. The van der Waals surface area contributed by atoms with Gasteiger partial charge < -0.3 is 10.1 Å². The van der Waals surface area contributed by atoms with Crippen LogP contribution in [0.3, 0.4) is 0 Å². The van der Waals surface area contributed by atoms with Crippen LogP contribution >= 0.6 is 11.6 Å². The Hall–Kier alpha value is -1.74. The Kier molecular flexibility index (Phi) is 4.63. The molecule has 2 aromatic carbocycles. The van der Waals surface area contributed by atoms with Gasteiger partial charge in [-0.3, -0.25) is 0 Å². The van der Waals surface area contributed by atoms with Crippen molar-refractivity contribution in [2.75, 3.05) is 18.5 Å². The van der Waals surface area contributed by atoms with E-state index in [-0.39, 0.29) is 11.6 Å². The van der Waals surface area contributed by atoms with Crippen molar-refractivity contribution >= 4 is 17.3 Å². The zero-order chi connectivity index (χ0) is 13.7. The number of ether oxygens (including phenoxy) is 1. The summed E-state index contributed by atoms with van der Waals surface area (Å²) in [5, 5.41) is 3.87. The molecule has 0 aliphatic carbocycles. The molecular weight excluding hydrogens is 265 g/mol. The number of anilines is 1. The van der Waals surface area contributed by atoms with E-state index in [0.29, 0.717) is 18.2 Å². The van der Waals surface area contributed by atoms with Gasteiger partial charge in [0.25, 0.3) is 0 Å². The number of benzene rings is 2. The smallest absolute Gasteiger partial charge is 0.165 e. The van der Waals surface area contributed by atoms with Gasteiger partial charge in [-0.05, 0) is 48.9 Å². The maximum absolute atomic E-state index is 13.4. The van der Waals surface area contributed by atoms with Crippen LogP contribution < -0.4 is 10.1 Å². The first-order chi connectivity index (χ1) is 9.15. The third-order valence-electron chi connectivity index (χ3n) is 2.62. The van der Waals surface area contributed by atoms with E-state index >= 15 is 0 Å². The van der Waals surface area contributed by atoms with Crippen LogP contribution in [0.4, 0.5) is 10.1 Å². The molecule has 0 bridgehead atoms. The average molecular weight is 280 g/mol. The summed E-state index contributed by atoms with van der Waals surface area (Å²) in [6.45, 7) is 2.89. The van der Waals surface area contributed by atoms with E-state index in [9.17, 15) is 4.39 Å². The molecule has 19 heavy (non-hydrogen) atoms. The maximum atomic E-state index is 13.4. The number of rotatable bonds is 5. The predicted molar refractivity (Wildman–Crippen MR) is 76.6 cm³/mol. The van der Waals surface area contributed by atoms with Gasteiger partial charge in [0, 0.05) is 17.3 Å². The monoisotopic (exact) mass is 279 g/mol. The quantitative estimate of drug-likeness (QED) is 0.825. The van der Waals surface area contributed by atoms with Gasteiger partial charge in [-0.25, -0.2) is 4.39 Å². The van der Waals surface area contributed by atoms with Gasteiger partial charge in [0.2, 0.25) is 0 Å². The molecule has 1 N–H and O–H groups in total. The van der Waals surface area contributed by atoms with E-state index < -0.39 is 0 Å². The summed E-state index contributed by atoms with van der Waals surface area (Å²) in [7, 11) is 0. The standard InChI is InChI=1S/C15H15ClFNO/c1-11-2-7-14(17)15(10-11)19-9-8-18-13-5-3-12(16)4-6-13/h2-7,10,18H,8-9H2,1H3. The van der Waals surface area contributed by atoms with Crippen molar-refractivity contribution in [2.45, 2.75) is 6.92 Å². The third-order valence-corrected chi connectivity index (χ3v) is 2.87. The number of nitrogens with one attached hydrogen (secondary N) is 1. The van der Waals surface area contributed by atoms with Crippen molar-refractivity contribution in [3.63, 3.8) is 0 Å². The number of aryl methyl sites for hydroxylation is 1. The maximum Gasteiger partial charge on any atom is 0.165 e. The van der Waals surface area contributed by atoms with Crippen LogP contribution in [-0.2, 0) is 0 Å². The van der Waals surface area contributed by atoms with Crippen LogP contribution in [0.2, 0.25) is 5.02 Å². The molecule has 0 fully saturated rings. The second-order valence-corrected chi connectivity index (χ2v) is 4.65. The Balaban J connectivity index is 1.80. The van der Waals surface area contributed by atoms with Crippen molar-refractivity contribution in [3.05, 3.63) is 58.9 Å². The van der Waals surface area contributed by atoms with E-state index in [0.717, 1.165) is 11.3 Å². The molecule has 0 amide bonds. The van der Waals surface area contributed by atoms with Crippen molar-refractivity contribution in [1.29, 1.82) is 0 Å². The van der Waals surface area contributed by atoms with E-state index in [1.165, 1.54) is 6.07 Å². The number of hydrogen-bond acceptors (Lipinski definition) is 2. The minimum atomic E-state index is -0.336. The molecule has 2 aromatic rings. The topological polar surface area (TPSA) is 21.3 Å². The summed E-state index contributed by atoms with van der Waals surface area (Å²) < 4.78 is 18.8. The fourth-order valence-electron chi connectivity index (χ4n) is 1.65. The van der Waals surface area contributed by atoms with Gasteiger partial charge >= 0.3 is 0 Å². The minimum absolute atomic E-state index is 0.290. The fourth-order valence-corrected chi connectivity index (χ4v) is 1.77. The number of hydrogen-bond donors (Lipinski definition) is 1. The third kappa shape index (κ3) is 4.14. The van der Waals surface area contributed by atoms with Crippen molar-refractivity contribution in [1.82, 2.24) is 0 Å². The van der Waals surface area contributed by atoms with Gasteiger partial charge in [-0.15, -0.1) is 0 Å². The van der Waals surface area contributed by atoms with Crippen LogP contribution in [0, 0.1) is 12.7 Å². The highest BCUT2D eigenvalue weighted by molar-refractivity contribution is 6.30. The highest BCUT2D eigenvalue weighted by Crippen LogP contribution is 2.18. The molecule has 2 nitrogen and oxygen atoms in total. The van der Waals surface area contributed by atoms with Gasteiger partial charge in [0.1, 0.15) is 6.61 Å². The summed E-state index contributed by atoms with van der Waals surface area (Å²) in [5.41, 5.74) is 1.93. The lowest BCUT2D eigenvalue weighted by molar-refractivity contribution is 0.315. The molecule has 0 aliphatic rings. The molecule has 0 spiro atoms. The molecule has 4 heteroatoms. The van der Waals surface area contributed by atoms with Crippen LogP contribution in [0.5, 0.6) is 5.75 Å². The zero-order valence-electron chi connectivity index (χ0n) is 10.6. The zero-order valence-corrected chi connectivity index (χ0v) is 11.4. The minimum Gasteiger partial charge on any atom is -0.489 e. The highest BCUT2D eigenvalue weighted by atomic mass is 35.5. The molecule has 100 valence electrons. The lowest BCUT2D eigenvalue weighted by atomic mass is 10.2.